The Morgan fingerprint density at radius 3 is 2.78 bits per heavy atom. The predicted molar refractivity (Wildman–Crippen MR) is 183 cm³/mol. The van der Waals surface area contributed by atoms with Gasteiger partial charge in [-0.05, 0) is 90.9 Å². The van der Waals surface area contributed by atoms with Gasteiger partial charge in [-0.3, -0.25) is 9.78 Å². The average molecular weight is 675 g/mol. The Morgan fingerprint density at radius 2 is 1.96 bits per heavy atom. The molecule has 10 nitrogen and oxygen atoms in total. The fourth-order valence-corrected chi connectivity index (χ4v) is 8.94. The molecule has 12 heteroatoms. The Bertz CT molecular complexity index is 2330. The first-order valence-electron chi connectivity index (χ1n) is 16.5. The molecule has 6 heterocycles. The highest BCUT2D eigenvalue weighted by molar-refractivity contribution is 7.23. The number of anilines is 1. The first-order valence-corrected chi connectivity index (χ1v) is 17.3. The van der Waals surface area contributed by atoms with Crippen LogP contribution >= 0.6 is 11.3 Å². The summed E-state index contributed by atoms with van der Waals surface area (Å²) in [5, 5.41) is 11.3. The van der Waals surface area contributed by atoms with Gasteiger partial charge in [-0.15, -0.1) is 16.4 Å². The summed E-state index contributed by atoms with van der Waals surface area (Å²) in [6, 6.07) is 16.5. The third kappa shape index (κ3) is 4.92. The maximum atomic E-state index is 14.2. The van der Waals surface area contributed by atoms with Crippen LogP contribution in [0.15, 0.2) is 70.0 Å². The van der Waals surface area contributed by atoms with Crippen LogP contribution < -0.4 is 15.8 Å². The van der Waals surface area contributed by atoms with E-state index in [0.717, 1.165) is 63.5 Å². The summed E-state index contributed by atoms with van der Waals surface area (Å²) >= 11 is 1.54. The molecule has 1 aliphatic carbocycles. The summed E-state index contributed by atoms with van der Waals surface area (Å²) in [7, 11) is 1.70. The zero-order valence-corrected chi connectivity index (χ0v) is 27.4. The molecule has 2 aliphatic heterocycles. The first kappa shape index (κ1) is 29.8. The Balaban J connectivity index is 1.20. The van der Waals surface area contributed by atoms with Crippen LogP contribution in [0.4, 0.5) is 10.2 Å². The van der Waals surface area contributed by atoms with Crippen molar-refractivity contribution >= 4 is 33.1 Å². The third-order valence-electron chi connectivity index (χ3n) is 10.00. The van der Waals surface area contributed by atoms with Crippen LogP contribution in [0.5, 0.6) is 5.75 Å². The number of rotatable bonds is 8. The van der Waals surface area contributed by atoms with Crippen molar-refractivity contribution in [2.24, 2.45) is 0 Å². The Hall–Kier alpha value is -5.36. The van der Waals surface area contributed by atoms with Crippen LogP contribution in [0.1, 0.15) is 69.8 Å². The van der Waals surface area contributed by atoms with E-state index in [1.165, 1.54) is 34.6 Å². The predicted octanol–water partition coefficient (Wildman–Crippen LogP) is 7.02. The minimum Gasteiger partial charge on any atom is -0.496 e. The van der Waals surface area contributed by atoms with Crippen molar-refractivity contribution in [3.8, 4) is 27.6 Å². The number of carbonyl (C=O) groups excluding carboxylic acids is 1. The van der Waals surface area contributed by atoms with Crippen LogP contribution in [0, 0.1) is 5.82 Å². The van der Waals surface area contributed by atoms with E-state index in [2.05, 4.69) is 27.6 Å². The lowest BCUT2D eigenvalue weighted by molar-refractivity contribution is 0.0776. The lowest BCUT2D eigenvalue weighted by Crippen LogP contribution is -2.22. The average Bonchev–Trinajstić information content (AvgIpc) is 3.95. The molecule has 246 valence electrons. The Kier molecular flexibility index (Phi) is 7.08. The van der Waals surface area contributed by atoms with Gasteiger partial charge in [0.25, 0.3) is 11.8 Å². The quantitative estimate of drug-likeness (QED) is 0.176. The van der Waals surface area contributed by atoms with E-state index in [1.807, 2.05) is 23.1 Å². The number of fused-ring (bicyclic) bond motifs is 5. The number of methoxy groups -OCH3 is 1. The molecule has 2 atom stereocenters. The number of hydrogen-bond donors (Lipinski definition) is 2. The van der Waals surface area contributed by atoms with Crippen LogP contribution in [0.25, 0.3) is 32.0 Å². The number of carbonyl (C=O) groups is 1. The highest BCUT2D eigenvalue weighted by Gasteiger charge is 2.45. The van der Waals surface area contributed by atoms with Gasteiger partial charge in [0.15, 0.2) is 0 Å². The molecule has 0 spiro atoms. The van der Waals surface area contributed by atoms with Gasteiger partial charge >= 0.3 is 5.76 Å². The van der Waals surface area contributed by atoms with Gasteiger partial charge in [0.05, 0.1) is 46.4 Å². The van der Waals surface area contributed by atoms with Crippen molar-refractivity contribution in [1.82, 2.24) is 25.1 Å². The maximum Gasteiger partial charge on any atom is 0.434 e. The molecule has 2 aromatic carbocycles. The second-order valence-electron chi connectivity index (χ2n) is 12.7. The molecule has 6 aromatic rings. The second kappa shape index (κ2) is 11.7. The van der Waals surface area contributed by atoms with Crippen molar-refractivity contribution in [2.45, 2.75) is 50.6 Å². The summed E-state index contributed by atoms with van der Waals surface area (Å²) in [5.74, 6) is 0.667. The van der Waals surface area contributed by atoms with Crippen LogP contribution in [0.3, 0.4) is 0 Å². The molecular weight excluding hydrogens is 644 g/mol. The van der Waals surface area contributed by atoms with Gasteiger partial charge in [-0.25, -0.2) is 19.3 Å². The van der Waals surface area contributed by atoms with Gasteiger partial charge in [0, 0.05) is 23.2 Å². The van der Waals surface area contributed by atoms with Crippen molar-refractivity contribution in [3.63, 3.8) is 0 Å². The van der Waals surface area contributed by atoms with Crippen molar-refractivity contribution in [3.05, 3.63) is 111 Å². The standard InChI is InChI=1S/C37H31FN6O4S/c1-47-27-6-2-4-22-23(27)12-14-24(22)41-34-33-20(15-16-39-34)18-28(49-33)30-29(35-42-43-37(46)48-35)25(13-9-19-7-10-21(38)11-8-19)40-32-26-5-3-17-44(26)36(45)31(30)32/h2,4,6-8,10-11,15-16,18,24,26H,3,5,9,12-14,17H2,1H3,(H,39,41)(H,43,46). The molecule has 49 heavy (non-hydrogen) atoms. The van der Waals surface area contributed by atoms with Crippen LogP contribution in [-0.4, -0.2) is 44.6 Å². The SMILES string of the molecule is COc1cccc2c1CCC2Nc1nccc2cc(-c3c4c(nc(CCc5ccc(F)cc5)c3-c3n[nH]c(=O)o3)C3CCCN3C4=O)sc12. The first-order chi connectivity index (χ1) is 24.0. The lowest BCUT2D eigenvalue weighted by Gasteiger charge is -2.16. The number of H-pyrrole nitrogens is 1. The highest BCUT2D eigenvalue weighted by atomic mass is 32.1. The molecular formula is C37H31FN6O4S. The van der Waals surface area contributed by atoms with E-state index in [4.69, 9.17) is 19.1 Å². The summed E-state index contributed by atoms with van der Waals surface area (Å²) in [5.41, 5.74) is 6.48. The van der Waals surface area contributed by atoms with Gasteiger partial charge < -0.3 is 19.4 Å². The minimum absolute atomic E-state index is 0.0691. The summed E-state index contributed by atoms with van der Waals surface area (Å²) < 4.78 is 25.9. The molecule has 1 amide bonds. The number of aromatic nitrogens is 4. The fraction of sp³-hybridized carbons (Fsp3) is 0.270. The molecule has 1 saturated heterocycles. The number of aryl methyl sites for hydroxylation is 2. The van der Waals surface area contributed by atoms with Gasteiger partial charge in [-0.2, -0.15) is 0 Å². The molecule has 3 aliphatic rings. The summed E-state index contributed by atoms with van der Waals surface area (Å²) in [4.78, 5) is 39.2. The number of ether oxygens (including phenoxy) is 1. The number of hydrogen-bond acceptors (Lipinski definition) is 9. The van der Waals surface area contributed by atoms with Gasteiger partial charge in [0.2, 0.25) is 0 Å². The monoisotopic (exact) mass is 674 g/mol. The Morgan fingerprint density at radius 1 is 1.08 bits per heavy atom. The number of nitrogens with zero attached hydrogens (tertiary/aromatic N) is 4. The maximum absolute atomic E-state index is 14.2. The van der Waals surface area contributed by atoms with E-state index in [0.29, 0.717) is 41.8 Å². The van der Waals surface area contributed by atoms with E-state index in [9.17, 15) is 14.0 Å². The number of amides is 1. The normalized spacial score (nSPS) is 17.8. The summed E-state index contributed by atoms with van der Waals surface area (Å²) in [6.45, 7) is 0.662. The molecule has 0 radical (unpaired) electrons. The van der Waals surface area contributed by atoms with Crippen molar-refractivity contribution in [1.29, 1.82) is 0 Å². The molecule has 0 saturated carbocycles. The van der Waals surface area contributed by atoms with Crippen LogP contribution in [0.2, 0.25) is 0 Å². The number of aromatic amines is 1. The molecule has 0 bridgehead atoms. The number of thiophene rings is 1. The number of halogens is 1. The van der Waals surface area contributed by atoms with E-state index in [1.54, 1.807) is 25.4 Å². The van der Waals surface area contributed by atoms with Gasteiger partial charge in [-0.1, -0.05) is 24.3 Å². The van der Waals surface area contributed by atoms with E-state index >= 15 is 0 Å². The van der Waals surface area contributed by atoms with E-state index < -0.39 is 5.76 Å². The Labute approximate surface area is 284 Å². The number of pyridine rings is 2. The van der Waals surface area contributed by atoms with Crippen molar-refractivity contribution < 1.29 is 18.3 Å². The molecule has 4 aromatic heterocycles. The summed E-state index contributed by atoms with van der Waals surface area (Å²) in [6.07, 6.45) is 6.38. The molecule has 1 fully saturated rings. The second-order valence-corrected chi connectivity index (χ2v) is 13.8. The van der Waals surface area contributed by atoms with E-state index in [-0.39, 0.29) is 29.7 Å². The number of benzene rings is 2. The zero-order valence-electron chi connectivity index (χ0n) is 26.6. The zero-order chi connectivity index (χ0) is 33.2. The molecule has 9 rings (SSSR count). The number of nitrogens with one attached hydrogen (secondary N) is 2. The molecule has 2 unspecified atom stereocenters. The smallest absolute Gasteiger partial charge is 0.434 e. The van der Waals surface area contributed by atoms with Crippen molar-refractivity contribution in [2.75, 3.05) is 19.0 Å². The fourth-order valence-electron chi connectivity index (χ4n) is 7.78. The van der Waals surface area contributed by atoms with Gasteiger partial charge in [0.1, 0.15) is 17.4 Å². The third-order valence-corrected chi connectivity index (χ3v) is 11.2. The van der Waals surface area contributed by atoms with Crippen LogP contribution in [-0.2, 0) is 19.3 Å². The minimum atomic E-state index is -0.696. The molecule has 2 N–H and O–H groups in total. The lowest BCUT2D eigenvalue weighted by atomic mass is 9.93. The largest absolute Gasteiger partial charge is 0.496 e. The highest BCUT2D eigenvalue weighted by Crippen LogP contribution is 2.50. The topological polar surface area (TPSA) is 126 Å².